The van der Waals surface area contributed by atoms with Gasteiger partial charge in [-0.15, -0.1) is 11.3 Å². The zero-order valence-electron chi connectivity index (χ0n) is 10.6. The number of amides is 1. The predicted octanol–water partition coefficient (Wildman–Crippen LogP) is 3.74. The van der Waals surface area contributed by atoms with Gasteiger partial charge in [0.1, 0.15) is 5.75 Å². The van der Waals surface area contributed by atoms with Crippen LogP contribution < -0.4 is 5.32 Å². The fraction of sp³-hybridized carbons (Fsp3) is 0.286. The number of hydrogen-bond donors (Lipinski definition) is 2. The first kappa shape index (κ1) is 13.6. The van der Waals surface area contributed by atoms with Crippen molar-refractivity contribution in [2.24, 2.45) is 0 Å². The first-order valence-electron chi connectivity index (χ1n) is 6.42. The molecule has 2 N–H and O–H groups in total. The number of halogens is 1. The fourth-order valence-electron chi connectivity index (χ4n) is 2.23. The molecule has 0 unspecified atom stereocenters. The summed E-state index contributed by atoms with van der Waals surface area (Å²) >= 11 is 4.74. The van der Waals surface area contributed by atoms with Gasteiger partial charge in [-0.05, 0) is 59.8 Å². The Morgan fingerprint density at radius 1 is 1.35 bits per heavy atom. The van der Waals surface area contributed by atoms with Crippen LogP contribution in [0.5, 0.6) is 5.75 Å². The van der Waals surface area contributed by atoms with Gasteiger partial charge in [0, 0.05) is 10.4 Å². The zero-order valence-corrected chi connectivity index (χ0v) is 13.1. The molecule has 0 bridgehead atoms. The molecule has 1 aliphatic rings. The number of phenolic OH excluding ortho intramolecular Hbond substituents is 1. The van der Waals surface area contributed by atoms with Gasteiger partial charge in [-0.3, -0.25) is 10.1 Å². The van der Waals surface area contributed by atoms with Crippen LogP contribution in [-0.2, 0) is 12.8 Å². The number of phenols is 1. The minimum absolute atomic E-state index is 0.0519. The van der Waals surface area contributed by atoms with Crippen molar-refractivity contribution in [2.75, 3.05) is 5.32 Å². The van der Waals surface area contributed by atoms with Crippen molar-refractivity contribution >= 4 is 38.3 Å². The fourth-order valence-corrected chi connectivity index (χ4v) is 3.52. The average molecular weight is 353 g/mol. The van der Waals surface area contributed by atoms with E-state index in [1.165, 1.54) is 23.8 Å². The normalized spacial score (nSPS) is 13.8. The standard InChI is InChI=1S/C14H13BrN2O2S/c15-9-6-5-8(7-11(9)18)13(19)17-14-16-10-3-1-2-4-12(10)20-14/h5-7,18H,1-4H2,(H,16,17,19). The quantitative estimate of drug-likeness (QED) is 0.865. The minimum Gasteiger partial charge on any atom is -0.507 e. The maximum atomic E-state index is 12.1. The summed E-state index contributed by atoms with van der Waals surface area (Å²) < 4.78 is 0.568. The molecule has 2 aromatic rings. The highest BCUT2D eigenvalue weighted by atomic mass is 79.9. The molecule has 0 saturated carbocycles. The summed E-state index contributed by atoms with van der Waals surface area (Å²) in [5.74, 6) is -0.199. The molecule has 6 heteroatoms. The van der Waals surface area contributed by atoms with Gasteiger partial charge in [0.25, 0.3) is 5.91 Å². The molecule has 4 nitrogen and oxygen atoms in total. The molecule has 0 saturated heterocycles. The number of aryl methyl sites for hydroxylation is 2. The second-order valence-corrected chi connectivity index (χ2v) is 6.65. The molecular weight excluding hydrogens is 340 g/mol. The smallest absolute Gasteiger partial charge is 0.257 e. The van der Waals surface area contributed by atoms with Gasteiger partial charge < -0.3 is 5.11 Å². The monoisotopic (exact) mass is 352 g/mol. The molecule has 3 rings (SSSR count). The molecule has 0 aliphatic heterocycles. The zero-order chi connectivity index (χ0) is 14.1. The van der Waals surface area contributed by atoms with Crippen LogP contribution in [0.3, 0.4) is 0 Å². The Bertz CT molecular complexity index is 646. The van der Waals surface area contributed by atoms with E-state index in [0.29, 0.717) is 15.2 Å². The van der Waals surface area contributed by atoms with Gasteiger partial charge in [-0.1, -0.05) is 0 Å². The molecule has 1 aromatic heterocycles. The summed E-state index contributed by atoms with van der Waals surface area (Å²) in [7, 11) is 0. The van der Waals surface area contributed by atoms with Crippen LogP contribution in [0.2, 0.25) is 0 Å². The number of carbonyl (C=O) groups is 1. The molecule has 104 valence electrons. The van der Waals surface area contributed by atoms with Crippen LogP contribution in [0.15, 0.2) is 22.7 Å². The van der Waals surface area contributed by atoms with Gasteiger partial charge in [-0.2, -0.15) is 0 Å². The second-order valence-electron chi connectivity index (χ2n) is 4.72. The molecule has 1 heterocycles. The summed E-state index contributed by atoms with van der Waals surface area (Å²) in [4.78, 5) is 17.9. The Hall–Kier alpha value is -1.40. The number of nitrogens with one attached hydrogen (secondary N) is 1. The summed E-state index contributed by atoms with van der Waals surface area (Å²) in [6.07, 6.45) is 4.43. The maximum absolute atomic E-state index is 12.1. The maximum Gasteiger partial charge on any atom is 0.257 e. The number of rotatable bonds is 2. The number of fused-ring (bicyclic) bond motifs is 1. The first-order chi connectivity index (χ1) is 9.63. The molecule has 0 fully saturated rings. The lowest BCUT2D eigenvalue weighted by atomic mass is 10.0. The van der Waals surface area contributed by atoms with Crippen molar-refractivity contribution in [3.05, 3.63) is 38.8 Å². The molecule has 1 aliphatic carbocycles. The van der Waals surface area contributed by atoms with Gasteiger partial charge in [0.15, 0.2) is 5.13 Å². The third-order valence-electron chi connectivity index (χ3n) is 3.27. The van der Waals surface area contributed by atoms with Crippen LogP contribution >= 0.6 is 27.3 Å². The van der Waals surface area contributed by atoms with E-state index in [0.717, 1.165) is 18.5 Å². The first-order valence-corrected chi connectivity index (χ1v) is 8.03. The number of benzene rings is 1. The number of anilines is 1. The van der Waals surface area contributed by atoms with Crippen LogP contribution in [0.25, 0.3) is 0 Å². The van der Waals surface area contributed by atoms with Crippen LogP contribution in [0, 0.1) is 0 Å². The number of aromatic hydroxyl groups is 1. The van der Waals surface area contributed by atoms with Gasteiger partial charge in [-0.25, -0.2) is 4.98 Å². The Morgan fingerprint density at radius 3 is 2.90 bits per heavy atom. The van der Waals surface area contributed by atoms with Crippen LogP contribution in [0.4, 0.5) is 5.13 Å². The second kappa shape index (κ2) is 5.54. The third-order valence-corrected chi connectivity index (χ3v) is 5.02. The highest BCUT2D eigenvalue weighted by Crippen LogP contribution is 2.30. The van der Waals surface area contributed by atoms with Gasteiger partial charge in [0.2, 0.25) is 0 Å². The largest absolute Gasteiger partial charge is 0.507 e. The van der Waals surface area contributed by atoms with Crippen LogP contribution in [-0.4, -0.2) is 16.0 Å². The van der Waals surface area contributed by atoms with E-state index in [2.05, 4.69) is 26.2 Å². The minimum atomic E-state index is -0.251. The summed E-state index contributed by atoms with van der Waals surface area (Å²) in [5, 5.41) is 13.1. The van der Waals surface area contributed by atoms with E-state index in [1.54, 1.807) is 23.5 Å². The lowest BCUT2D eigenvalue weighted by Gasteiger charge is -2.06. The average Bonchev–Trinajstić information content (AvgIpc) is 2.83. The van der Waals surface area contributed by atoms with Crippen molar-refractivity contribution in [1.82, 2.24) is 4.98 Å². The molecule has 0 spiro atoms. The van der Waals surface area contributed by atoms with Crippen molar-refractivity contribution in [3.8, 4) is 5.75 Å². The van der Waals surface area contributed by atoms with Crippen molar-refractivity contribution in [3.63, 3.8) is 0 Å². The number of thiazole rings is 1. The number of carbonyl (C=O) groups excluding carboxylic acids is 1. The van der Waals surface area contributed by atoms with E-state index in [9.17, 15) is 9.90 Å². The predicted molar refractivity (Wildman–Crippen MR) is 82.5 cm³/mol. The molecule has 0 radical (unpaired) electrons. The molecular formula is C14H13BrN2O2S. The molecule has 1 amide bonds. The third kappa shape index (κ3) is 2.71. The van der Waals surface area contributed by atoms with Crippen molar-refractivity contribution in [1.29, 1.82) is 0 Å². The van der Waals surface area contributed by atoms with E-state index in [4.69, 9.17) is 0 Å². The van der Waals surface area contributed by atoms with E-state index in [-0.39, 0.29) is 11.7 Å². The SMILES string of the molecule is O=C(Nc1nc2c(s1)CCCC2)c1ccc(Br)c(O)c1. The van der Waals surface area contributed by atoms with E-state index >= 15 is 0 Å². The van der Waals surface area contributed by atoms with Crippen molar-refractivity contribution in [2.45, 2.75) is 25.7 Å². The van der Waals surface area contributed by atoms with Crippen molar-refractivity contribution < 1.29 is 9.90 Å². The lowest BCUT2D eigenvalue weighted by Crippen LogP contribution is -2.11. The highest BCUT2D eigenvalue weighted by Gasteiger charge is 2.17. The van der Waals surface area contributed by atoms with Gasteiger partial charge in [0.05, 0.1) is 10.2 Å². The highest BCUT2D eigenvalue weighted by molar-refractivity contribution is 9.10. The molecule has 0 atom stereocenters. The number of nitrogens with zero attached hydrogens (tertiary/aromatic N) is 1. The Morgan fingerprint density at radius 2 is 2.15 bits per heavy atom. The number of hydrogen-bond acceptors (Lipinski definition) is 4. The Balaban J connectivity index is 1.78. The Labute approximate surface area is 129 Å². The topological polar surface area (TPSA) is 62.2 Å². The lowest BCUT2D eigenvalue weighted by molar-refractivity contribution is 0.102. The summed E-state index contributed by atoms with van der Waals surface area (Å²) in [5.41, 5.74) is 1.54. The molecule has 20 heavy (non-hydrogen) atoms. The van der Waals surface area contributed by atoms with Crippen LogP contribution in [0.1, 0.15) is 33.8 Å². The summed E-state index contributed by atoms with van der Waals surface area (Å²) in [6, 6.07) is 4.75. The Kier molecular flexibility index (Phi) is 3.76. The molecule has 1 aromatic carbocycles. The number of aromatic nitrogens is 1. The van der Waals surface area contributed by atoms with E-state index < -0.39 is 0 Å². The van der Waals surface area contributed by atoms with Gasteiger partial charge >= 0.3 is 0 Å². The summed E-state index contributed by atoms with van der Waals surface area (Å²) in [6.45, 7) is 0. The van der Waals surface area contributed by atoms with E-state index in [1.807, 2.05) is 0 Å².